The Labute approximate surface area is 157 Å². The molecule has 2 amide bonds. The largest absolute Gasteiger partial charge is 0.311 e. The van der Waals surface area contributed by atoms with Crippen molar-refractivity contribution in [2.45, 2.75) is 46.5 Å². The van der Waals surface area contributed by atoms with Crippen LogP contribution in [0.2, 0.25) is 0 Å². The van der Waals surface area contributed by atoms with E-state index < -0.39 is 0 Å². The van der Waals surface area contributed by atoms with Gasteiger partial charge in [0, 0.05) is 24.1 Å². The molecule has 6 nitrogen and oxygen atoms in total. The third kappa shape index (κ3) is 3.77. The molecule has 7 heteroatoms. The predicted octanol–water partition coefficient (Wildman–Crippen LogP) is 3.44. The SMILES string of the molecule is Cc1ccc(C)c(N2CC(C(=O)Nc3nnc(C(C)(C)C)s3)CC2=O)c1. The topological polar surface area (TPSA) is 75.2 Å². The van der Waals surface area contributed by atoms with E-state index in [0.29, 0.717) is 11.7 Å². The molecule has 1 aromatic heterocycles. The monoisotopic (exact) mass is 372 g/mol. The summed E-state index contributed by atoms with van der Waals surface area (Å²) < 4.78 is 0. The Morgan fingerprint density at radius 2 is 2.00 bits per heavy atom. The van der Waals surface area contributed by atoms with Crippen LogP contribution in [0.1, 0.15) is 43.3 Å². The van der Waals surface area contributed by atoms with Crippen LogP contribution in [0.3, 0.4) is 0 Å². The molecule has 1 fully saturated rings. The summed E-state index contributed by atoms with van der Waals surface area (Å²) in [5.41, 5.74) is 2.90. The van der Waals surface area contributed by atoms with Crippen LogP contribution in [0.4, 0.5) is 10.8 Å². The molecule has 1 aliphatic heterocycles. The van der Waals surface area contributed by atoms with Crippen molar-refractivity contribution in [1.82, 2.24) is 10.2 Å². The smallest absolute Gasteiger partial charge is 0.231 e. The number of anilines is 2. The fraction of sp³-hybridized carbons (Fsp3) is 0.474. The Morgan fingerprint density at radius 3 is 2.65 bits per heavy atom. The summed E-state index contributed by atoms with van der Waals surface area (Å²) in [6.07, 6.45) is 0.212. The molecule has 1 unspecified atom stereocenters. The molecule has 2 heterocycles. The molecule has 26 heavy (non-hydrogen) atoms. The maximum atomic E-state index is 12.6. The zero-order chi connectivity index (χ0) is 19.1. The van der Waals surface area contributed by atoms with E-state index in [-0.39, 0.29) is 29.6 Å². The van der Waals surface area contributed by atoms with Crippen LogP contribution in [0.15, 0.2) is 18.2 Å². The number of carbonyl (C=O) groups is 2. The van der Waals surface area contributed by atoms with Gasteiger partial charge in [-0.05, 0) is 31.0 Å². The molecule has 1 atom stereocenters. The van der Waals surface area contributed by atoms with Gasteiger partial charge in [0.05, 0.1) is 5.92 Å². The van der Waals surface area contributed by atoms with E-state index >= 15 is 0 Å². The second kappa shape index (κ2) is 6.79. The van der Waals surface area contributed by atoms with Crippen LogP contribution in [-0.2, 0) is 15.0 Å². The van der Waals surface area contributed by atoms with Crippen LogP contribution in [0.25, 0.3) is 0 Å². The van der Waals surface area contributed by atoms with E-state index in [2.05, 4.69) is 36.3 Å². The number of rotatable bonds is 3. The van der Waals surface area contributed by atoms with Crippen LogP contribution < -0.4 is 10.2 Å². The molecule has 3 rings (SSSR count). The summed E-state index contributed by atoms with van der Waals surface area (Å²) in [6, 6.07) is 6.01. The quantitative estimate of drug-likeness (QED) is 0.895. The Morgan fingerprint density at radius 1 is 1.27 bits per heavy atom. The van der Waals surface area contributed by atoms with Gasteiger partial charge in [0.2, 0.25) is 16.9 Å². The molecule has 1 aliphatic rings. The highest BCUT2D eigenvalue weighted by Crippen LogP contribution is 2.31. The molecule has 0 aliphatic carbocycles. The second-order valence-electron chi connectivity index (χ2n) is 7.85. The van der Waals surface area contributed by atoms with Crippen molar-refractivity contribution in [3.63, 3.8) is 0 Å². The number of aromatic nitrogens is 2. The Bertz CT molecular complexity index is 853. The van der Waals surface area contributed by atoms with Crippen molar-refractivity contribution in [1.29, 1.82) is 0 Å². The third-order valence-electron chi connectivity index (χ3n) is 4.45. The Hall–Kier alpha value is -2.28. The highest BCUT2D eigenvalue weighted by atomic mass is 32.1. The lowest BCUT2D eigenvalue weighted by Gasteiger charge is -2.19. The number of nitrogens with one attached hydrogen (secondary N) is 1. The van der Waals surface area contributed by atoms with Crippen molar-refractivity contribution in [2.24, 2.45) is 5.92 Å². The fourth-order valence-electron chi connectivity index (χ4n) is 2.91. The van der Waals surface area contributed by atoms with Gasteiger partial charge in [-0.15, -0.1) is 10.2 Å². The minimum Gasteiger partial charge on any atom is -0.311 e. The van der Waals surface area contributed by atoms with Crippen molar-refractivity contribution < 1.29 is 9.59 Å². The van der Waals surface area contributed by atoms with Gasteiger partial charge in [0.25, 0.3) is 0 Å². The van der Waals surface area contributed by atoms with Gasteiger partial charge in [0.15, 0.2) is 0 Å². The van der Waals surface area contributed by atoms with Crippen LogP contribution in [0, 0.1) is 19.8 Å². The number of carbonyl (C=O) groups excluding carboxylic acids is 2. The number of amides is 2. The number of hydrogen-bond donors (Lipinski definition) is 1. The van der Waals surface area contributed by atoms with Crippen LogP contribution in [0.5, 0.6) is 0 Å². The molecule has 2 aromatic rings. The lowest BCUT2D eigenvalue weighted by molar-refractivity contribution is -0.122. The maximum absolute atomic E-state index is 12.6. The molecule has 1 saturated heterocycles. The van der Waals surface area contributed by atoms with Gasteiger partial charge in [-0.3, -0.25) is 9.59 Å². The van der Waals surface area contributed by atoms with Gasteiger partial charge in [0.1, 0.15) is 5.01 Å². The summed E-state index contributed by atoms with van der Waals surface area (Å²) in [5, 5.41) is 12.4. The molecular weight excluding hydrogens is 348 g/mol. The summed E-state index contributed by atoms with van der Waals surface area (Å²) in [6.45, 7) is 10.5. The standard InChI is InChI=1S/C19H24N4O2S/c1-11-6-7-12(2)14(8-11)23-10-13(9-15(23)24)16(25)20-18-22-21-17(26-18)19(3,4)5/h6-8,13H,9-10H2,1-5H3,(H,20,22,25). The van der Waals surface area contributed by atoms with Crippen molar-refractivity contribution in [2.75, 3.05) is 16.8 Å². The second-order valence-corrected chi connectivity index (χ2v) is 8.82. The van der Waals surface area contributed by atoms with Crippen molar-refractivity contribution in [3.8, 4) is 0 Å². The van der Waals surface area contributed by atoms with Crippen molar-refractivity contribution >= 4 is 34.0 Å². The van der Waals surface area contributed by atoms with Gasteiger partial charge in [-0.1, -0.05) is 44.2 Å². The average molecular weight is 372 g/mol. The number of nitrogens with zero attached hydrogens (tertiary/aromatic N) is 3. The Kier molecular flexibility index (Phi) is 4.84. The summed E-state index contributed by atoms with van der Waals surface area (Å²) in [4.78, 5) is 26.8. The first-order valence-electron chi connectivity index (χ1n) is 8.67. The molecule has 1 aromatic carbocycles. The highest BCUT2D eigenvalue weighted by Gasteiger charge is 2.36. The minimum absolute atomic E-state index is 0.0218. The van der Waals surface area contributed by atoms with E-state index in [9.17, 15) is 9.59 Å². The number of aryl methyl sites for hydroxylation is 2. The van der Waals surface area contributed by atoms with Crippen LogP contribution >= 0.6 is 11.3 Å². The molecule has 0 spiro atoms. The van der Waals surface area contributed by atoms with Gasteiger partial charge in [-0.2, -0.15) is 0 Å². The zero-order valence-corrected chi connectivity index (χ0v) is 16.6. The van der Waals surface area contributed by atoms with E-state index in [1.54, 1.807) is 4.90 Å². The van der Waals surface area contributed by atoms with Crippen molar-refractivity contribution in [3.05, 3.63) is 34.3 Å². The zero-order valence-electron chi connectivity index (χ0n) is 15.8. The van der Waals surface area contributed by atoms with E-state index in [1.165, 1.54) is 11.3 Å². The van der Waals surface area contributed by atoms with E-state index in [4.69, 9.17) is 0 Å². The minimum atomic E-state index is -0.385. The normalized spacial score (nSPS) is 17.7. The third-order valence-corrected chi connectivity index (χ3v) is 5.71. The molecular formula is C19H24N4O2S. The van der Waals surface area contributed by atoms with Gasteiger partial charge >= 0.3 is 0 Å². The predicted molar refractivity (Wildman–Crippen MR) is 104 cm³/mol. The first-order chi connectivity index (χ1) is 12.1. The average Bonchev–Trinajstić information content (AvgIpc) is 3.16. The first kappa shape index (κ1) is 18.5. The molecule has 0 saturated carbocycles. The van der Waals surface area contributed by atoms with E-state index in [1.807, 2.05) is 32.0 Å². The number of hydrogen-bond acceptors (Lipinski definition) is 5. The molecule has 0 bridgehead atoms. The maximum Gasteiger partial charge on any atom is 0.231 e. The summed E-state index contributed by atoms with van der Waals surface area (Å²) in [5.74, 6) is -0.585. The first-order valence-corrected chi connectivity index (χ1v) is 9.49. The van der Waals surface area contributed by atoms with Gasteiger partial charge < -0.3 is 10.2 Å². The van der Waals surface area contributed by atoms with E-state index in [0.717, 1.165) is 21.8 Å². The lowest BCUT2D eigenvalue weighted by Crippen LogP contribution is -2.28. The molecule has 138 valence electrons. The fourth-order valence-corrected chi connectivity index (χ4v) is 3.71. The highest BCUT2D eigenvalue weighted by molar-refractivity contribution is 7.15. The lowest BCUT2D eigenvalue weighted by atomic mass is 9.98. The summed E-state index contributed by atoms with van der Waals surface area (Å²) >= 11 is 1.38. The molecule has 0 radical (unpaired) electrons. The Balaban J connectivity index is 1.71. The van der Waals surface area contributed by atoms with Crippen LogP contribution in [-0.4, -0.2) is 28.6 Å². The number of benzene rings is 1. The summed E-state index contributed by atoms with van der Waals surface area (Å²) in [7, 11) is 0. The molecule has 1 N–H and O–H groups in total. The van der Waals surface area contributed by atoms with Gasteiger partial charge in [-0.25, -0.2) is 0 Å².